The fraction of sp³-hybridized carbons (Fsp3) is 0.0417. The molecule has 254 valence electrons. The molecule has 3 aromatic heterocycles. The number of rotatable bonds is 5. The van der Waals surface area contributed by atoms with Gasteiger partial charge in [0.05, 0.1) is 39.0 Å². The van der Waals surface area contributed by atoms with Crippen molar-refractivity contribution in [2.24, 2.45) is 0 Å². The smallest absolute Gasteiger partial charge is 0.165 e. The lowest BCUT2D eigenvalue weighted by atomic mass is 10.0. The number of nitrogens with zero attached hydrogens (tertiary/aromatic N) is 6. The van der Waals surface area contributed by atoms with Crippen LogP contribution < -0.4 is 0 Å². The molecule has 0 N–H and O–H groups in total. The van der Waals surface area contributed by atoms with E-state index < -0.39 is 0 Å². The van der Waals surface area contributed by atoms with Crippen LogP contribution in [0.5, 0.6) is 0 Å². The summed E-state index contributed by atoms with van der Waals surface area (Å²) >= 11 is 0. The third-order valence-electron chi connectivity index (χ3n) is 10.4. The summed E-state index contributed by atoms with van der Waals surface area (Å²) in [6, 6.07) is 57.6. The first kappa shape index (κ1) is 31.4. The fourth-order valence-corrected chi connectivity index (χ4v) is 8.03. The van der Waals surface area contributed by atoms with Crippen LogP contribution in [0, 0.1) is 25.2 Å². The number of benzene rings is 7. The molecule has 0 radical (unpaired) electrons. The number of aromatic nitrogens is 5. The lowest BCUT2D eigenvalue weighted by Crippen LogP contribution is -2.07. The van der Waals surface area contributed by atoms with Gasteiger partial charge in [-0.25, -0.2) is 15.0 Å². The molecule has 0 amide bonds. The van der Waals surface area contributed by atoms with Gasteiger partial charge in [-0.15, -0.1) is 0 Å². The van der Waals surface area contributed by atoms with Crippen molar-refractivity contribution in [1.82, 2.24) is 24.1 Å². The number of fused-ring (bicyclic) bond motifs is 6. The topological polar surface area (TPSA) is 72.3 Å². The largest absolute Gasteiger partial charge is 0.308 e. The molecular formula is C48H32N6. The van der Waals surface area contributed by atoms with E-state index in [0.29, 0.717) is 23.0 Å². The molecule has 0 aliphatic rings. The van der Waals surface area contributed by atoms with Gasteiger partial charge in [-0.2, -0.15) is 5.26 Å². The number of aryl methyl sites for hydroxylation is 2. The Morgan fingerprint density at radius 1 is 0.426 bits per heavy atom. The Morgan fingerprint density at radius 3 is 1.41 bits per heavy atom. The Morgan fingerprint density at radius 2 is 0.889 bits per heavy atom. The van der Waals surface area contributed by atoms with E-state index in [4.69, 9.17) is 9.97 Å². The molecule has 0 bridgehead atoms. The maximum Gasteiger partial charge on any atom is 0.165 e. The minimum Gasteiger partial charge on any atom is -0.308 e. The molecule has 6 nitrogen and oxygen atoms in total. The summed E-state index contributed by atoms with van der Waals surface area (Å²) < 4.78 is 4.49. The van der Waals surface area contributed by atoms with E-state index in [9.17, 15) is 5.26 Å². The maximum absolute atomic E-state index is 11.1. The highest BCUT2D eigenvalue weighted by Crippen LogP contribution is 2.41. The molecule has 0 aliphatic heterocycles. The number of para-hydroxylation sites is 2. The second kappa shape index (κ2) is 12.4. The summed E-state index contributed by atoms with van der Waals surface area (Å²) in [6.45, 7) is 3.79. The summed E-state index contributed by atoms with van der Waals surface area (Å²) in [4.78, 5) is 14.4. The SMILES string of the molecule is Cc1nc(C)nc(-c2cc(-n3c4ccccc4c4ccc(-c5ccccc5)cc43)c(C#N)cc2-n2c3ccccc3c3ccc(-c4ccccc4)cc32)n1. The van der Waals surface area contributed by atoms with Crippen molar-refractivity contribution in [3.8, 4) is 51.1 Å². The van der Waals surface area contributed by atoms with Gasteiger partial charge in [0, 0.05) is 27.1 Å². The zero-order valence-corrected chi connectivity index (χ0v) is 29.7. The number of hydrogen-bond donors (Lipinski definition) is 0. The number of nitriles is 1. The van der Waals surface area contributed by atoms with Crippen LogP contribution in [0.15, 0.2) is 158 Å². The molecule has 0 saturated carbocycles. The Hall–Kier alpha value is -7.36. The molecule has 0 spiro atoms. The average Bonchev–Trinajstić information content (AvgIpc) is 3.72. The highest BCUT2D eigenvalue weighted by Gasteiger charge is 2.23. The van der Waals surface area contributed by atoms with Crippen LogP contribution in [0.3, 0.4) is 0 Å². The summed E-state index contributed by atoms with van der Waals surface area (Å²) in [5, 5.41) is 15.5. The summed E-state index contributed by atoms with van der Waals surface area (Å²) in [7, 11) is 0. The molecule has 10 aromatic rings. The zero-order chi connectivity index (χ0) is 36.3. The van der Waals surface area contributed by atoms with E-state index in [2.05, 4.69) is 160 Å². The Balaban J connectivity index is 1.32. The second-order valence-electron chi connectivity index (χ2n) is 13.7. The molecule has 0 unspecified atom stereocenters. The summed E-state index contributed by atoms with van der Waals surface area (Å²) in [5.41, 5.74) is 11.5. The van der Waals surface area contributed by atoms with Crippen LogP contribution in [-0.2, 0) is 0 Å². The lowest BCUT2D eigenvalue weighted by molar-refractivity contribution is 0.926. The monoisotopic (exact) mass is 692 g/mol. The molecule has 0 aliphatic carbocycles. The Bertz CT molecular complexity index is 3110. The highest BCUT2D eigenvalue weighted by molar-refractivity contribution is 6.12. The minimum absolute atomic E-state index is 0.536. The van der Waals surface area contributed by atoms with Crippen LogP contribution >= 0.6 is 0 Å². The van der Waals surface area contributed by atoms with Gasteiger partial charge in [-0.05, 0) is 72.5 Å². The maximum atomic E-state index is 11.1. The van der Waals surface area contributed by atoms with Crippen LogP contribution in [0.25, 0.3) is 88.6 Å². The van der Waals surface area contributed by atoms with Gasteiger partial charge >= 0.3 is 0 Å². The summed E-state index contributed by atoms with van der Waals surface area (Å²) in [5.74, 6) is 1.82. The molecule has 3 heterocycles. The van der Waals surface area contributed by atoms with Crippen molar-refractivity contribution in [3.05, 3.63) is 175 Å². The van der Waals surface area contributed by atoms with Gasteiger partial charge in [0.1, 0.15) is 17.7 Å². The quantitative estimate of drug-likeness (QED) is 0.180. The van der Waals surface area contributed by atoms with Crippen molar-refractivity contribution in [3.63, 3.8) is 0 Å². The van der Waals surface area contributed by atoms with Crippen molar-refractivity contribution in [2.75, 3.05) is 0 Å². The first-order chi connectivity index (χ1) is 26.6. The lowest BCUT2D eigenvalue weighted by Gasteiger charge is -2.18. The molecule has 0 fully saturated rings. The van der Waals surface area contributed by atoms with E-state index in [0.717, 1.165) is 82.8 Å². The van der Waals surface area contributed by atoms with Gasteiger partial charge in [0.2, 0.25) is 0 Å². The first-order valence-electron chi connectivity index (χ1n) is 18.0. The molecule has 54 heavy (non-hydrogen) atoms. The van der Waals surface area contributed by atoms with E-state index in [1.165, 1.54) is 0 Å². The van der Waals surface area contributed by atoms with E-state index >= 15 is 0 Å². The van der Waals surface area contributed by atoms with E-state index in [1.807, 2.05) is 32.0 Å². The minimum atomic E-state index is 0.536. The van der Waals surface area contributed by atoms with Crippen molar-refractivity contribution >= 4 is 43.6 Å². The van der Waals surface area contributed by atoms with E-state index in [1.54, 1.807) is 0 Å². The fourth-order valence-electron chi connectivity index (χ4n) is 8.03. The Labute approximate surface area is 311 Å². The van der Waals surface area contributed by atoms with Crippen LogP contribution in [0.4, 0.5) is 0 Å². The normalized spacial score (nSPS) is 11.5. The first-order valence-corrected chi connectivity index (χ1v) is 18.0. The molecule has 6 heteroatoms. The van der Waals surface area contributed by atoms with Gasteiger partial charge in [0.15, 0.2) is 5.82 Å². The standard InChI is InChI=1S/C48H32N6/c1-30-50-31(2)52-48(51-30)41-28-44(53-42-19-11-9-17-37(42)39-23-21-34(25-45(39)53)32-13-5-3-6-14-32)36(29-49)27-47(41)54-43-20-12-10-18-38(43)40-24-22-35(26-46(40)54)33-15-7-4-8-16-33/h3-28H,1-2H3. The third kappa shape index (κ3) is 4.98. The van der Waals surface area contributed by atoms with Crippen molar-refractivity contribution in [2.45, 2.75) is 13.8 Å². The van der Waals surface area contributed by atoms with Crippen LogP contribution in [-0.4, -0.2) is 24.1 Å². The predicted octanol–water partition coefficient (Wildman–Crippen LogP) is 11.6. The summed E-state index contributed by atoms with van der Waals surface area (Å²) in [6.07, 6.45) is 0. The molecule has 7 aromatic carbocycles. The van der Waals surface area contributed by atoms with Crippen molar-refractivity contribution in [1.29, 1.82) is 5.26 Å². The molecule has 0 saturated heterocycles. The second-order valence-corrected chi connectivity index (χ2v) is 13.7. The van der Waals surface area contributed by atoms with Gasteiger partial charge in [-0.1, -0.05) is 121 Å². The molecule has 0 atom stereocenters. The van der Waals surface area contributed by atoms with E-state index in [-0.39, 0.29) is 0 Å². The third-order valence-corrected chi connectivity index (χ3v) is 10.4. The van der Waals surface area contributed by atoms with Crippen LogP contribution in [0.1, 0.15) is 17.2 Å². The molecular weight excluding hydrogens is 661 g/mol. The molecule has 10 rings (SSSR count). The van der Waals surface area contributed by atoms with Gasteiger partial charge < -0.3 is 9.13 Å². The number of hydrogen-bond acceptors (Lipinski definition) is 4. The van der Waals surface area contributed by atoms with Gasteiger partial charge in [0.25, 0.3) is 0 Å². The Kier molecular flexibility index (Phi) is 7.21. The highest BCUT2D eigenvalue weighted by atomic mass is 15.1. The predicted molar refractivity (Wildman–Crippen MR) is 219 cm³/mol. The van der Waals surface area contributed by atoms with Crippen LogP contribution in [0.2, 0.25) is 0 Å². The zero-order valence-electron chi connectivity index (χ0n) is 29.7. The van der Waals surface area contributed by atoms with Crippen molar-refractivity contribution < 1.29 is 0 Å². The van der Waals surface area contributed by atoms with Gasteiger partial charge in [-0.3, -0.25) is 0 Å². The average molecular weight is 693 g/mol.